The van der Waals surface area contributed by atoms with E-state index in [0.717, 1.165) is 18.2 Å². The second-order valence-electron chi connectivity index (χ2n) is 4.57. The van der Waals surface area contributed by atoms with Crippen LogP contribution >= 0.6 is 12.2 Å². The van der Waals surface area contributed by atoms with Crippen LogP contribution in [0.1, 0.15) is 0 Å². The first-order chi connectivity index (χ1) is 11.0. The van der Waals surface area contributed by atoms with Crippen molar-refractivity contribution in [1.82, 2.24) is 0 Å². The Morgan fingerprint density at radius 2 is 1.96 bits per heavy atom. The summed E-state index contributed by atoms with van der Waals surface area (Å²) >= 11 is 5.08. The van der Waals surface area contributed by atoms with Crippen LogP contribution in [0, 0.1) is 15.9 Å². The number of nitrogens with zero attached hydrogens (tertiary/aromatic N) is 1. The lowest BCUT2D eigenvalue weighted by atomic mass is 10.2. The zero-order chi connectivity index (χ0) is 16.4. The first kappa shape index (κ1) is 15.0. The average Bonchev–Trinajstić information content (AvgIpc) is 2.96. The Balaban J connectivity index is 1.72. The first-order valence-corrected chi connectivity index (χ1v) is 6.85. The summed E-state index contributed by atoms with van der Waals surface area (Å²) in [5.41, 5.74) is 0.287. The maximum absolute atomic E-state index is 13.7. The van der Waals surface area contributed by atoms with E-state index < -0.39 is 10.7 Å². The lowest BCUT2D eigenvalue weighted by Gasteiger charge is -2.11. The molecule has 1 aliphatic heterocycles. The number of nitro groups is 1. The van der Waals surface area contributed by atoms with Crippen molar-refractivity contribution in [3.63, 3.8) is 0 Å². The van der Waals surface area contributed by atoms with Gasteiger partial charge >= 0.3 is 0 Å². The number of halogens is 1. The largest absolute Gasteiger partial charge is 0.454 e. The van der Waals surface area contributed by atoms with Crippen LogP contribution in [-0.4, -0.2) is 16.8 Å². The van der Waals surface area contributed by atoms with Crippen LogP contribution in [0.4, 0.5) is 21.5 Å². The van der Waals surface area contributed by atoms with Gasteiger partial charge < -0.3 is 20.1 Å². The first-order valence-electron chi connectivity index (χ1n) is 6.44. The van der Waals surface area contributed by atoms with Crippen molar-refractivity contribution in [2.75, 3.05) is 17.4 Å². The minimum atomic E-state index is -0.648. The third kappa shape index (κ3) is 3.29. The molecular formula is C14H10FN3O4S. The maximum atomic E-state index is 13.7. The lowest BCUT2D eigenvalue weighted by molar-refractivity contribution is -0.384. The summed E-state index contributed by atoms with van der Waals surface area (Å²) in [5, 5.41) is 16.3. The fourth-order valence-electron chi connectivity index (χ4n) is 1.98. The number of nitrogens with one attached hydrogen (secondary N) is 2. The highest BCUT2D eigenvalue weighted by Gasteiger charge is 2.15. The molecule has 1 aliphatic rings. The summed E-state index contributed by atoms with van der Waals surface area (Å²) in [6.45, 7) is 0.153. The average molecular weight is 335 g/mol. The molecule has 0 aliphatic carbocycles. The topological polar surface area (TPSA) is 85.7 Å². The zero-order valence-electron chi connectivity index (χ0n) is 11.5. The summed E-state index contributed by atoms with van der Waals surface area (Å²) in [6.07, 6.45) is 0. The van der Waals surface area contributed by atoms with Crippen LogP contribution in [0.3, 0.4) is 0 Å². The molecule has 2 aromatic rings. The number of anilines is 2. The Kier molecular flexibility index (Phi) is 3.94. The Hall–Kier alpha value is -2.94. The molecular weight excluding hydrogens is 325 g/mol. The molecule has 0 atom stereocenters. The Morgan fingerprint density at radius 1 is 1.17 bits per heavy atom. The van der Waals surface area contributed by atoms with Crippen LogP contribution in [0.5, 0.6) is 11.5 Å². The molecule has 23 heavy (non-hydrogen) atoms. The molecule has 7 nitrogen and oxygen atoms in total. The van der Waals surface area contributed by atoms with Crippen LogP contribution < -0.4 is 20.1 Å². The minimum absolute atomic E-state index is 0.0857. The number of ether oxygens (including phenoxy) is 2. The van der Waals surface area contributed by atoms with Gasteiger partial charge in [0.15, 0.2) is 16.6 Å². The second kappa shape index (κ2) is 6.05. The van der Waals surface area contributed by atoms with E-state index in [0.29, 0.717) is 17.2 Å². The van der Waals surface area contributed by atoms with Crippen molar-refractivity contribution in [3.8, 4) is 11.5 Å². The predicted octanol–water partition coefficient (Wildman–Crippen LogP) is 3.27. The molecule has 0 fully saturated rings. The summed E-state index contributed by atoms with van der Waals surface area (Å²) in [4.78, 5) is 10.1. The van der Waals surface area contributed by atoms with E-state index >= 15 is 0 Å². The van der Waals surface area contributed by atoms with Gasteiger partial charge in [-0.1, -0.05) is 0 Å². The van der Waals surface area contributed by atoms with Crippen molar-refractivity contribution in [3.05, 3.63) is 52.3 Å². The molecule has 0 saturated carbocycles. The van der Waals surface area contributed by atoms with Crippen molar-refractivity contribution in [1.29, 1.82) is 0 Å². The monoisotopic (exact) mass is 335 g/mol. The van der Waals surface area contributed by atoms with E-state index in [1.165, 1.54) is 0 Å². The second-order valence-corrected chi connectivity index (χ2v) is 4.98. The predicted molar refractivity (Wildman–Crippen MR) is 85.5 cm³/mol. The van der Waals surface area contributed by atoms with Gasteiger partial charge in [0.05, 0.1) is 10.6 Å². The van der Waals surface area contributed by atoms with Gasteiger partial charge in [0.1, 0.15) is 5.82 Å². The third-order valence-electron chi connectivity index (χ3n) is 3.04. The van der Waals surface area contributed by atoms with Gasteiger partial charge in [0.25, 0.3) is 5.69 Å². The highest BCUT2D eigenvalue weighted by atomic mass is 32.1. The highest BCUT2D eigenvalue weighted by molar-refractivity contribution is 7.80. The molecule has 0 radical (unpaired) electrons. The van der Waals surface area contributed by atoms with Crippen LogP contribution in [-0.2, 0) is 0 Å². The SMILES string of the molecule is O=[N+]([O-])c1ccc(F)c(NC(=S)Nc2ccc3c(c2)OCO3)c1. The molecule has 2 N–H and O–H groups in total. The van der Waals surface area contributed by atoms with E-state index in [2.05, 4.69) is 10.6 Å². The molecule has 118 valence electrons. The van der Waals surface area contributed by atoms with Crippen molar-refractivity contribution >= 4 is 34.4 Å². The quantitative estimate of drug-likeness (QED) is 0.506. The van der Waals surface area contributed by atoms with E-state index in [4.69, 9.17) is 21.7 Å². The standard InChI is InChI=1S/C14H10FN3O4S/c15-10-3-2-9(18(19)20)6-11(10)17-14(23)16-8-1-4-12-13(5-8)22-7-21-12/h1-6H,7H2,(H2,16,17,23). The van der Waals surface area contributed by atoms with Gasteiger partial charge in [-0.3, -0.25) is 10.1 Å². The number of fused-ring (bicyclic) bond motifs is 1. The van der Waals surface area contributed by atoms with Crippen LogP contribution in [0.15, 0.2) is 36.4 Å². The summed E-state index contributed by atoms with van der Waals surface area (Å²) in [5.74, 6) is 0.545. The number of hydrogen-bond donors (Lipinski definition) is 2. The Morgan fingerprint density at radius 3 is 2.74 bits per heavy atom. The molecule has 9 heteroatoms. The number of non-ortho nitro benzene ring substituents is 1. The lowest BCUT2D eigenvalue weighted by Crippen LogP contribution is -2.19. The molecule has 3 rings (SSSR count). The molecule has 0 bridgehead atoms. The minimum Gasteiger partial charge on any atom is -0.454 e. The summed E-state index contributed by atoms with van der Waals surface area (Å²) in [7, 11) is 0. The maximum Gasteiger partial charge on any atom is 0.271 e. The van der Waals surface area contributed by atoms with E-state index in [1.807, 2.05) is 0 Å². The normalized spacial score (nSPS) is 11.9. The molecule has 0 unspecified atom stereocenters. The number of nitro benzene ring substituents is 1. The molecule has 1 heterocycles. The Labute approximate surface area is 135 Å². The van der Waals surface area contributed by atoms with E-state index in [1.54, 1.807) is 18.2 Å². The number of thiocarbonyl (C=S) groups is 1. The number of benzene rings is 2. The van der Waals surface area contributed by atoms with Gasteiger partial charge in [-0.05, 0) is 30.4 Å². The van der Waals surface area contributed by atoms with E-state index in [9.17, 15) is 14.5 Å². The fraction of sp³-hybridized carbons (Fsp3) is 0.0714. The summed E-state index contributed by atoms with van der Waals surface area (Å²) in [6, 6.07) is 8.26. The van der Waals surface area contributed by atoms with Crippen molar-refractivity contribution < 1.29 is 18.8 Å². The molecule has 0 amide bonds. The molecule has 0 spiro atoms. The zero-order valence-corrected chi connectivity index (χ0v) is 12.4. The number of rotatable bonds is 3. The van der Waals surface area contributed by atoms with Crippen molar-refractivity contribution in [2.45, 2.75) is 0 Å². The number of hydrogen-bond acceptors (Lipinski definition) is 5. The summed E-state index contributed by atoms with van der Waals surface area (Å²) < 4.78 is 24.1. The molecule has 2 aromatic carbocycles. The van der Waals surface area contributed by atoms with E-state index in [-0.39, 0.29) is 23.3 Å². The van der Waals surface area contributed by atoms with Gasteiger partial charge in [0.2, 0.25) is 6.79 Å². The highest BCUT2D eigenvalue weighted by Crippen LogP contribution is 2.34. The molecule has 0 saturated heterocycles. The smallest absolute Gasteiger partial charge is 0.271 e. The van der Waals surface area contributed by atoms with Gasteiger partial charge in [-0.2, -0.15) is 0 Å². The van der Waals surface area contributed by atoms with Crippen LogP contribution in [0.2, 0.25) is 0 Å². The van der Waals surface area contributed by atoms with Gasteiger partial charge in [-0.15, -0.1) is 0 Å². The van der Waals surface area contributed by atoms with Crippen LogP contribution in [0.25, 0.3) is 0 Å². The fourth-order valence-corrected chi connectivity index (χ4v) is 2.21. The van der Waals surface area contributed by atoms with Gasteiger partial charge in [-0.25, -0.2) is 4.39 Å². The Bertz CT molecular complexity index is 800. The third-order valence-corrected chi connectivity index (χ3v) is 3.24. The molecule has 0 aromatic heterocycles. The van der Waals surface area contributed by atoms with Gasteiger partial charge in [0, 0.05) is 23.9 Å². The van der Waals surface area contributed by atoms with Crippen molar-refractivity contribution in [2.24, 2.45) is 0 Å².